The van der Waals surface area contributed by atoms with E-state index in [1.807, 2.05) is 30.5 Å². The fourth-order valence-electron chi connectivity index (χ4n) is 3.60. The van der Waals surface area contributed by atoms with Crippen molar-refractivity contribution in [3.05, 3.63) is 59.8 Å². The molecular weight excluding hydrogens is 356 g/mol. The van der Waals surface area contributed by atoms with Crippen LogP contribution in [0.1, 0.15) is 15.9 Å². The largest absolute Gasteiger partial charge is 0.396 e. The number of primary amides is 1. The summed E-state index contributed by atoms with van der Waals surface area (Å²) in [5.74, 6) is -0.313. The molecule has 1 unspecified atom stereocenters. The Balaban J connectivity index is 1.52. The van der Waals surface area contributed by atoms with Crippen LogP contribution in [0.25, 0.3) is 16.6 Å². The summed E-state index contributed by atoms with van der Waals surface area (Å²) < 4.78 is 7.32. The van der Waals surface area contributed by atoms with E-state index in [-0.39, 0.29) is 12.5 Å². The number of carbonyl (C=O) groups excluding carboxylic acids is 1. The lowest BCUT2D eigenvalue weighted by Gasteiger charge is -2.22. The highest BCUT2D eigenvalue weighted by Gasteiger charge is 2.18. The summed E-state index contributed by atoms with van der Waals surface area (Å²) in [4.78, 5) is 13.9. The minimum absolute atomic E-state index is 0.148. The fraction of sp³-hybridized carbons (Fsp3) is 0.333. The van der Waals surface area contributed by atoms with Gasteiger partial charge in [0, 0.05) is 43.7 Å². The Kier molecular flexibility index (Phi) is 5.38. The van der Waals surface area contributed by atoms with Crippen LogP contribution in [-0.2, 0) is 11.3 Å². The third-order valence-electron chi connectivity index (χ3n) is 5.09. The molecule has 4 rings (SSSR count). The molecule has 7 nitrogen and oxygen atoms in total. The molecule has 0 aliphatic carbocycles. The summed E-state index contributed by atoms with van der Waals surface area (Å²) >= 11 is 0. The molecule has 1 saturated heterocycles. The van der Waals surface area contributed by atoms with Crippen LogP contribution < -0.4 is 5.73 Å². The summed E-state index contributed by atoms with van der Waals surface area (Å²) in [5, 5.41) is 14.8. The molecule has 0 spiro atoms. The number of carbonyl (C=O) groups is 1. The van der Waals surface area contributed by atoms with Crippen molar-refractivity contribution in [1.82, 2.24) is 14.7 Å². The minimum Gasteiger partial charge on any atom is -0.396 e. The van der Waals surface area contributed by atoms with Gasteiger partial charge in [0.1, 0.15) is 5.52 Å². The molecule has 7 heteroatoms. The monoisotopic (exact) mass is 380 g/mol. The average molecular weight is 380 g/mol. The number of nitrogens with two attached hydrogens (primary N) is 1. The van der Waals surface area contributed by atoms with E-state index in [4.69, 9.17) is 10.5 Å². The van der Waals surface area contributed by atoms with Crippen LogP contribution in [0, 0.1) is 5.92 Å². The molecular formula is C21H24N4O3. The third kappa shape index (κ3) is 3.91. The van der Waals surface area contributed by atoms with Gasteiger partial charge in [0.2, 0.25) is 0 Å². The zero-order valence-corrected chi connectivity index (χ0v) is 15.6. The number of aromatic nitrogens is 2. The SMILES string of the molecule is NC(=O)c1cccc2cn(-c3ccc(CN4CCOCC(CO)C4)cc3)nc12. The number of hydrogen-bond acceptors (Lipinski definition) is 5. The van der Waals surface area contributed by atoms with Crippen LogP contribution in [0.4, 0.5) is 0 Å². The highest BCUT2D eigenvalue weighted by atomic mass is 16.5. The van der Waals surface area contributed by atoms with Crippen molar-refractivity contribution in [2.24, 2.45) is 11.7 Å². The molecule has 3 N–H and O–H groups in total. The highest BCUT2D eigenvalue weighted by molar-refractivity contribution is 6.04. The Morgan fingerprint density at radius 2 is 2.07 bits per heavy atom. The van der Waals surface area contributed by atoms with Gasteiger partial charge in [-0.05, 0) is 23.8 Å². The maximum absolute atomic E-state index is 11.6. The second-order valence-electron chi connectivity index (χ2n) is 7.21. The van der Waals surface area contributed by atoms with E-state index in [9.17, 15) is 9.90 Å². The van der Waals surface area contributed by atoms with Gasteiger partial charge in [-0.3, -0.25) is 9.69 Å². The van der Waals surface area contributed by atoms with E-state index < -0.39 is 5.91 Å². The second-order valence-corrected chi connectivity index (χ2v) is 7.21. The lowest BCUT2D eigenvalue weighted by Crippen LogP contribution is -2.31. The predicted octanol–water partition coefficient (Wildman–Crippen LogP) is 1.57. The van der Waals surface area contributed by atoms with E-state index in [1.165, 1.54) is 5.56 Å². The molecule has 1 atom stereocenters. The van der Waals surface area contributed by atoms with E-state index in [0.717, 1.165) is 30.7 Å². The van der Waals surface area contributed by atoms with Gasteiger partial charge in [0.25, 0.3) is 5.91 Å². The predicted molar refractivity (Wildman–Crippen MR) is 106 cm³/mol. The van der Waals surface area contributed by atoms with Gasteiger partial charge < -0.3 is 15.6 Å². The summed E-state index contributed by atoms with van der Waals surface area (Å²) in [5.41, 5.74) is 8.60. The number of fused-ring (bicyclic) bond motifs is 1. The average Bonchev–Trinajstić information content (AvgIpc) is 3.01. The first-order valence-electron chi connectivity index (χ1n) is 9.42. The van der Waals surface area contributed by atoms with E-state index in [1.54, 1.807) is 10.7 Å². The summed E-state index contributed by atoms with van der Waals surface area (Å²) in [6, 6.07) is 13.6. The number of nitrogens with zero attached hydrogens (tertiary/aromatic N) is 3. The number of amides is 1. The molecule has 2 aromatic carbocycles. The van der Waals surface area contributed by atoms with Crippen molar-refractivity contribution in [2.45, 2.75) is 6.54 Å². The topological polar surface area (TPSA) is 93.6 Å². The van der Waals surface area contributed by atoms with Gasteiger partial charge >= 0.3 is 0 Å². The van der Waals surface area contributed by atoms with Crippen molar-refractivity contribution >= 4 is 16.8 Å². The Bertz CT molecular complexity index is 967. The Labute approximate surface area is 163 Å². The zero-order valence-electron chi connectivity index (χ0n) is 15.6. The van der Waals surface area contributed by atoms with Gasteiger partial charge in [-0.15, -0.1) is 0 Å². The van der Waals surface area contributed by atoms with E-state index in [2.05, 4.69) is 22.1 Å². The Morgan fingerprint density at radius 3 is 2.82 bits per heavy atom. The summed E-state index contributed by atoms with van der Waals surface area (Å²) in [6.07, 6.45) is 1.90. The molecule has 1 aromatic heterocycles. The van der Waals surface area contributed by atoms with Crippen molar-refractivity contribution in [3.8, 4) is 5.69 Å². The minimum atomic E-state index is -0.478. The quantitative estimate of drug-likeness (QED) is 0.701. The molecule has 2 heterocycles. The normalized spacial score (nSPS) is 18.2. The summed E-state index contributed by atoms with van der Waals surface area (Å²) in [7, 11) is 0. The number of ether oxygens (including phenoxy) is 1. The number of rotatable bonds is 5. The molecule has 1 amide bonds. The number of aliphatic hydroxyl groups is 1. The molecule has 1 aliphatic rings. The lowest BCUT2D eigenvalue weighted by atomic mass is 10.1. The maximum Gasteiger partial charge on any atom is 0.250 e. The van der Waals surface area contributed by atoms with E-state index in [0.29, 0.717) is 24.3 Å². The molecule has 0 bridgehead atoms. The maximum atomic E-state index is 11.6. The standard InChI is InChI=1S/C21H24N4O3/c22-21(27)19-3-1-2-17-12-25(23-20(17)19)18-6-4-15(5-7-18)10-24-8-9-28-14-16(11-24)13-26/h1-7,12,16,26H,8-11,13-14H2,(H2,22,27). The molecule has 28 heavy (non-hydrogen) atoms. The van der Waals surface area contributed by atoms with E-state index >= 15 is 0 Å². The van der Waals surface area contributed by atoms with Crippen molar-refractivity contribution in [1.29, 1.82) is 0 Å². The van der Waals surface area contributed by atoms with Gasteiger partial charge in [0.15, 0.2) is 0 Å². The van der Waals surface area contributed by atoms with Gasteiger partial charge in [-0.2, -0.15) is 5.10 Å². The number of benzene rings is 2. The smallest absolute Gasteiger partial charge is 0.250 e. The summed E-state index contributed by atoms with van der Waals surface area (Å²) in [6.45, 7) is 3.96. The molecule has 146 valence electrons. The van der Waals surface area contributed by atoms with Crippen LogP contribution in [-0.4, -0.2) is 58.6 Å². The molecule has 0 radical (unpaired) electrons. The van der Waals surface area contributed by atoms with Crippen LogP contribution in [0.3, 0.4) is 0 Å². The van der Waals surface area contributed by atoms with Crippen molar-refractivity contribution in [2.75, 3.05) is 32.9 Å². The number of aliphatic hydroxyl groups excluding tert-OH is 1. The molecule has 1 aliphatic heterocycles. The molecule has 0 saturated carbocycles. The van der Waals surface area contributed by atoms with Gasteiger partial charge in [0.05, 0.1) is 24.5 Å². The fourth-order valence-corrected chi connectivity index (χ4v) is 3.60. The molecule has 3 aromatic rings. The Hall–Kier alpha value is -2.74. The zero-order chi connectivity index (χ0) is 19.5. The lowest BCUT2D eigenvalue weighted by molar-refractivity contribution is 0.0957. The van der Waals surface area contributed by atoms with Gasteiger partial charge in [-0.1, -0.05) is 24.3 Å². The Morgan fingerprint density at radius 1 is 1.25 bits per heavy atom. The highest BCUT2D eigenvalue weighted by Crippen LogP contribution is 2.20. The first-order chi connectivity index (χ1) is 13.6. The molecule has 1 fully saturated rings. The van der Waals surface area contributed by atoms with Crippen LogP contribution in [0.2, 0.25) is 0 Å². The van der Waals surface area contributed by atoms with Crippen molar-refractivity contribution < 1.29 is 14.6 Å². The van der Waals surface area contributed by atoms with Crippen LogP contribution in [0.5, 0.6) is 0 Å². The third-order valence-corrected chi connectivity index (χ3v) is 5.09. The van der Waals surface area contributed by atoms with Crippen LogP contribution in [0.15, 0.2) is 48.7 Å². The van der Waals surface area contributed by atoms with Crippen LogP contribution >= 0.6 is 0 Å². The van der Waals surface area contributed by atoms with Crippen molar-refractivity contribution in [3.63, 3.8) is 0 Å². The second kappa shape index (κ2) is 8.10. The number of hydrogen-bond donors (Lipinski definition) is 2. The first kappa shape index (κ1) is 18.6. The first-order valence-corrected chi connectivity index (χ1v) is 9.42. The van der Waals surface area contributed by atoms with Gasteiger partial charge in [-0.25, -0.2) is 4.68 Å².